The Bertz CT molecular complexity index is 757. The Kier molecular flexibility index (Phi) is 5.36. The van der Waals surface area contributed by atoms with Crippen molar-refractivity contribution in [3.8, 4) is 5.75 Å². The number of aliphatic carboxylic acids is 1. The van der Waals surface area contributed by atoms with Crippen LogP contribution in [0.4, 0.5) is 5.69 Å². The Labute approximate surface area is 157 Å². The maximum Gasteiger partial charge on any atom is 0.305 e. The molecule has 2 N–H and O–H groups in total. The molecular weight excluding hydrogens is 352 g/mol. The highest BCUT2D eigenvalue weighted by Gasteiger charge is 2.43. The number of aryl methyl sites for hydroxylation is 1. The van der Waals surface area contributed by atoms with Gasteiger partial charge >= 0.3 is 5.97 Å². The molecule has 8 nitrogen and oxygen atoms in total. The minimum Gasteiger partial charge on any atom is -0.495 e. The Morgan fingerprint density at radius 2 is 2.22 bits per heavy atom. The van der Waals surface area contributed by atoms with Gasteiger partial charge in [0.15, 0.2) is 0 Å². The molecule has 1 aromatic carbocycles. The lowest BCUT2D eigenvalue weighted by Gasteiger charge is -2.28. The second kappa shape index (κ2) is 7.56. The van der Waals surface area contributed by atoms with Gasteiger partial charge in [-0.3, -0.25) is 14.4 Å². The maximum atomic E-state index is 12.8. The van der Waals surface area contributed by atoms with Crippen LogP contribution in [0.1, 0.15) is 24.8 Å². The number of ether oxygens (including phenoxy) is 2. The Hall–Kier alpha value is -2.61. The summed E-state index contributed by atoms with van der Waals surface area (Å²) >= 11 is 0. The number of carboxylic acid groups (broad SMARTS) is 1. The fourth-order valence-electron chi connectivity index (χ4n) is 3.67. The zero-order chi connectivity index (χ0) is 19.6. The van der Waals surface area contributed by atoms with E-state index in [0.717, 1.165) is 5.56 Å². The van der Waals surface area contributed by atoms with Crippen LogP contribution in [-0.4, -0.2) is 55.3 Å². The lowest BCUT2D eigenvalue weighted by atomic mass is 9.93. The van der Waals surface area contributed by atoms with Gasteiger partial charge < -0.3 is 24.8 Å². The minimum atomic E-state index is -0.991. The molecule has 2 saturated heterocycles. The number of amides is 2. The first kappa shape index (κ1) is 19.2. The lowest BCUT2D eigenvalue weighted by Crippen LogP contribution is -2.52. The molecule has 2 atom stereocenters. The van der Waals surface area contributed by atoms with Crippen LogP contribution in [0.2, 0.25) is 0 Å². The van der Waals surface area contributed by atoms with Crippen molar-refractivity contribution in [3.63, 3.8) is 0 Å². The second-order valence-corrected chi connectivity index (χ2v) is 7.22. The Morgan fingerprint density at radius 3 is 2.85 bits per heavy atom. The molecule has 2 aliphatic heterocycles. The highest BCUT2D eigenvalue weighted by atomic mass is 16.5. The molecule has 0 bridgehead atoms. The molecule has 2 fully saturated rings. The van der Waals surface area contributed by atoms with Crippen LogP contribution >= 0.6 is 0 Å². The zero-order valence-electron chi connectivity index (χ0n) is 15.5. The number of nitrogens with one attached hydrogen (secondary N) is 1. The predicted octanol–water partition coefficient (Wildman–Crippen LogP) is 1.11. The molecule has 0 aliphatic carbocycles. The molecule has 146 valence electrons. The summed E-state index contributed by atoms with van der Waals surface area (Å²) in [6.45, 7) is 2.73. The van der Waals surface area contributed by atoms with Crippen LogP contribution in [0.15, 0.2) is 18.2 Å². The van der Waals surface area contributed by atoms with Crippen molar-refractivity contribution in [3.05, 3.63) is 23.8 Å². The molecule has 2 aliphatic rings. The summed E-state index contributed by atoms with van der Waals surface area (Å²) in [4.78, 5) is 38.0. The summed E-state index contributed by atoms with van der Waals surface area (Å²) < 4.78 is 10.7. The van der Waals surface area contributed by atoms with Crippen molar-refractivity contribution in [2.45, 2.75) is 31.7 Å². The standard InChI is InChI=1S/C19H24N2O6/c1-12-3-4-15(26-2)14(7-12)21-10-13(8-16(21)22)18(25)20-19(9-17(23)24)5-6-27-11-19/h3-4,7,13H,5-6,8-11H2,1-2H3,(H,20,25)(H,23,24). The van der Waals surface area contributed by atoms with Gasteiger partial charge in [0.05, 0.1) is 37.3 Å². The maximum absolute atomic E-state index is 12.8. The van der Waals surface area contributed by atoms with E-state index in [2.05, 4.69) is 5.32 Å². The number of rotatable bonds is 6. The van der Waals surface area contributed by atoms with Crippen LogP contribution in [0, 0.1) is 12.8 Å². The predicted molar refractivity (Wildman–Crippen MR) is 96.8 cm³/mol. The van der Waals surface area contributed by atoms with Crippen LogP contribution in [0.3, 0.4) is 0 Å². The normalized spacial score (nSPS) is 24.9. The summed E-state index contributed by atoms with van der Waals surface area (Å²) in [6, 6.07) is 5.54. The summed E-state index contributed by atoms with van der Waals surface area (Å²) in [7, 11) is 1.54. The van der Waals surface area contributed by atoms with Gasteiger partial charge in [-0.2, -0.15) is 0 Å². The fraction of sp³-hybridized carbons (Fsp3) is 0.526. The van der Waals surface area contributed by atoms with E-state index >= 15 is 0 Å². The quantitative estimate of drug-likeness (QED) is 0.770. The lowest BCUT2D eigenvalue weighted by molar-refractivity contribution is -0.139. The average Bonchev–Trinajstić information content (AvgIpc) is 3.21. The van der Waals surface area contributed by atoms with Crippen LogP contribution < -0.4 is 15.0 Å². The first-order valence-corrected chi connectivity index (χ1v) is 8.90. The van der Waals surface area contributed by atoms with Gasteiger partial charge in [-0.1, -0.05) is 6.07 Å². The summed E-state index contributed by atoms with van der Waals surface area (Å²) in [5.41, 5.74) is 0.720. The third-order valence-electron chi connectivity index (χ3n) is 5.10. The van der Waals surface area contributed by atoms with E-state index < -0.39 is 17.4 Å². The van der Waals surface area contributed by atoms with Crippen LogP contribution in [0.25, 0.3) is 0 Å². The molecule has 0 aromatic heterocycles. The monoisotopic (exact) mass is 376 g/mol. The molecule has 0 spiro atoms. The average molecular weight is 376 g/mol. The van der Waals surface area contributed by atoms with Crippen molar-refractivity contribution < 1.29 is 29.0 Å². The van der Waals surface area contributed by atoms with Gasteiger partial charge in [-0.05, 0) is 31.0 Å². The number of carbonyl (C=O) groups excluding carboxylic acids is 2. The molecule has 3 rings (SSSR count). The van der Waals surface area contributed by atoms with Crippen molar-refractivity contribution >= 4 is 23.5 Å². The van der Waals surface area contributed by atoms with Gasteiger partial charge in [-0.25, -0.2) is 0 Å². The van der Waals surface area contributed by atoms with E-state index in [4.69, 9.17) is 14.6 Å². The third kappa shape index (κ3) is 4.05. The molecular formula is C19H24N2O6. The first-order valence-electron chi connectivity index (χ1n) is 8.90. The SMILES string of the molecule is COc1ccc(C)cc1N1CC(C(=O)NC2(CC(=O)O)CCOC2)CC1=O. The van der Waals surface area contributed by atoms with E-state index in [1.165, 1.54) is 7.11 Å². The fourth-order valence-corrected chi connectivity index (χ4v) is 3.67. The number of carbonyl (C=O) groups is 3. The van der Waals surface area contributed by atoms with Gasteiger partial charge in [0, 0.05) is 19.6 Å². The van der Waals surface area contributed by atoms with Gasteiger partial charge in [-0.15, -0.1) is 0 Å². The molecule has 0 saturated carbocycles. The number of anilines is 1. The van der Waals surface area contributed by atoms with Crippen molar-refractivity contribution in [1.82, 2.24) is 5.32 Å². The number of hydrogen-bond donors (Lipinski definition) is 2. The minimum absolute atomic E-state index is 0.0763. The third-order valence-corrected chi connectivity index (χ3v) is 5.10. The Morgan fingerprint density at radius 1 is 1.44 bits per heavy atom. The summed E-state index contributed by atoms with van der Waals surface area (Å²) in [5.74, 6) is -1.44. The van der Waals surface area contributed by atoms with Gasteiger partial charge in [0.2, 0.25) is 11.8 Å². The number of hydrogen-bond acceptors (Lipinski definition) is 5. The largest absolute Gasteiger partial charge is 0.495 e. The van der Waals surface area contributed by atoms with Gasteiger partial charge in [0.1, 0.15) is 5.75 Å². The van der Waals surface area contributed by atoms with E-state index in [1.807, 2.05) is 19.1 Å². The van der Waals surface area contributed by atoms with Gasteiger partial charge in [0.25, 0.3) is 0 Å². The smallest absolute Gasteiger partial charge is 0.305 e. The molecule has 8 heteroatoms. The highest BCUT2D eigenvalue weighted by Crippen LogP contribution is 2.34. The second-order valence-electron chi connectivity index (χ2n) is 7.22. The van der Waals surface area contributed by atoms with E-state index in [-0.39, 0.29) is 37.8 Å². The molecule has 27 heavy (non-hydrogen) atoms. The molecule has 2 unspecified atom stereocenters. The molecule has 1 aromatic rings. The highest BCUT2D eigenvalue weighted by molar-refractivity contribution is 6.01. The van der Waals surface area contributed by atoms with E-state index in [1.54, 1.807) is 11.0 Å². The number of carboxylic acids is 1. The van der Waals surface area contributed by atoms with Crippen molar-refractivity contribution in [1.29, 1.82) is 0 Å². The molecule has 2 amide bonds. The summed E-state index contributed by atoms with van der Waals surface area (Å²) in [6.07, 6.45) is 0.322. The zero-order valence-corrected chi connectivity index (χ0v) is 15.5. The number of nitrogens with zero attached hydrogens (tertiary/aromatic N) is 1. The summed E-state index contributed by atoms with van der Waals surface area (Å²) in [5, 5.41) is 12.0. The van der Waals surface area contributed by atoms with Crippen molar-refractivity contribution in [2.75, 3.05) is 31.8 Å². The van der Waals surface area contributed by atoms with E-state index in [0.29, 0.717) is 24.5 Å². The van der Waals surface area contributed by atoms with Crippen molar-refractivity contribution in [2.24, 2.45) is 5.92 Å². The molecule has 2 heterocycles. The first-order chi connectivity index (χ1) is 12.8. The van der Waals surface area contributed by atoms with Crippen LogP contribution in [0.5, 0.6) is 5.75 Å². The number of benzene rings is 1. The topological polar surface area (TPSA) is 105 Å². The van der Waals surface area contributed by atoms with Crippen LogP contribution in [-0.2, 0) is 19.1 Å². The van der Waals surface area contributed by atoms with E-state index in [9.17, 15) is 14.4 Å². The molecule has 0 radical (unpaired) electrons. The number of methoxy groups -OCH3 is 1. The Balaban J connectivity index is 1.74.